The second kappa shape index (κ2) is 3.86. The van der Waals surface area contributed by atoms with Crippen LogP contribution in [0.3, 0.4) is 0 Å². The van der Waals surface area contributed by atoms with Crippen molar-refractivity contribution in [3.05, 3.63) is 29.3 Å². The van der Waals surface area contributed by atoms with Gasteiger partial charge in [-0.05, 0) is 12.1 Å². The molecule has 0 aliphatic carbocycles. The lowest BCUT2D eigenvalue weighted by atomic mass is 10.3. The van der Waals surface area contributed by atoms with Crippen molar-refractivity contribution in [2.75, 3.05) is 6.54 Å². The first-order chi connectivity index (χ1) is 6.79. The van der Waals surface area contributed by atoms with E-state index in [2.05, 4.69) is 4.98 Å². The molecule has 0 fully saturated rings. The van der Waals surface area contributed by atoms with E-state index in [9.17, 15) is 4.79 Å². The summed E-state index contributed by atoms with van der Waals surface area (Å²) < 4.78 is 1.12. The van der Waals surface area contributed by atoms with E-state index in [4.69, 9.17) is 5.73 Å². The summed E-state index contributed by atoms with van der Waals surface area (Å²) in [4.78, 5) is 15.4. The van der Waals surface area contributed by atoms with Crippen molar-refractivity contribution in [3.63, 3.8) is 0 Å². The Balaban J connectivity index is 2.31. The summed E-state index contributed by atoms with van der Waals surface area (Å²) in [7, 11) is 0. The van der Waals surface area contributed by atoms with Crippen molar-refractivity contribution in [1.82, 2.24) is 4.98 Å². The van der Waals surface area contributed by atoms with Crippen molar-refractivity contribution < 1.29 is 4.79 Å². The van der Waals surface area contributed by atoms with Gasteiger partial charge in [0.1, 0.15) is 5.01 Å². The van der Waals surface area contributed by atoms with E-state index in [0.717, 1.165) is 15.2 Å². The normalized spacial score (nSPS) is 10.6. The molecule has 0 spiro atoms. The van der Waals surface area contributed by atoms with E-state index in [0.29, 0.717) is 6.42 Å². The molecule has 2 N–H and O–H groups in total. The molecule has 3 nitrogen and oxygen atoms in total. The predicted molar refractivity (Wildman–Crippen MR) is 57.4 cm³/mol. The quantitative estimate of drug-likeness (QED) is 0.825. The Morgan fingerprint density at radius 2 is 2.21 bits per heavy atom. The van der Waals surface area contributed by atoms with Crippen LogP contribution >= 0.6 is 11.3 Å². The molecule has 2 rings (SSSR count). The van der Waals surface area contributed by atoms with Crippen LogP contribution in [-0.4, -0.2) is 17.3 Å². The van der Waals surface area contributed by atoms with Gasteiger partial charge in [0.15, 0.2) is 5.78 Å². The third-order valence-corrected chi connectivity index (χ3v) is 2.95. The van der Waals surface area contributed by atoms with Crippen LogP contribution in [0.5, 0.6) is 0 Å². The maximum absolute atomic E-state index is 11.1. The fourth-order valence-electron chi connectivity index (χ4n) is 1.24. The Labute approximate surface area is 85.6 Å². The van der Waals surface area contributed by atoms with Gasteiger partial charge in [0.2, 0.25) is 0 Å². The number of para-hydroxylation sites is 1. The zero-order chi connectivity index (χ0) is 9.97. The molecule has 14 heavy (non-hydrogen) atoms. The highest BCUT2D eigenvalue weighted by Crippen LogP contribution is 2.21. The molecule has 1 aromatic heterocycles. The molecule has 0 radical (unpaired) electrons. The van der Waals surface area contributed by atoms with E-state index in [1.807, 2.05) is 24.3 Å². The maximum atomic E-state index is 11.1. The maximum Gasteiger partial charge on any atom is 0.153 e. The number of aromatic nitrogens is 1. The van der Waals surface area contributed by atoms with E-state index >= 15 is 0 Å². The highest BCUT2D eigenvalue weighted by Gasteiger charge is 2.06. The van der Waals surface area contributed by atoms with E-state index in [-0.39, 0.29) is 12.3 Å². The molecule has 0 aliphatic heterocycles. The molecule has 0 unspecified atom stereocenters. The van der Waals surface area contributed by atoms with Gasteiger partial charge < -0.3 is 5.73 Å². The van der Waals surface area contributed by atoms with Gasteiger partial charge in [-0.2, -0.15) is 0 Å². The second-order valence-electron chi connectivity index (χ2n) is 2.99. The van der Waals surface area contributed by atoms with Crippen LogP contribution in [0, 0.1) is 0 Å². The second-order valence-corrected chi connectivity index (χ2v) is 4.11. The lowest BCUT2D eigenvalue weighted by molar-refractivity contribution is -0.117. The van der Waals surface area contributed by atoms with Gasteiger partial charge in [-0.25, -0.2) is 4.98 Å². The van der Waals surface area contributed by atoms with Gasteiger partial charge in [0.05, 0.1) is 23.2 Å². The summed E-state index contributed by atoms with van der Waals surface area (Å²) in [5.74, 6) is 0.0315. The number of Topliss-reactive ketones (excluding diaryl/α,β-unsaturated/α-hetero) is 1. The number of benzene rings is 1. The molecular weight excluding hydrogens is 196 g/mol. The molecule has 0 saturated carbocycles. The summed E-state index contributed by atoms with van der Waals surface area (Å²) in [6.45, 7) is 0.0932. The first-order valence-corrected chi connectivity index (χ1v) is 5.17. The van der Waals surface area contributed by atoms with Crippen LogP contribution in [0.2, 0.25) is 0 Å². The zero-order valence-electron chi connectivity index (χ0n) is 7.56. The first-order valence-electron chi connectivity index (χ1n) is 4.36. The molecule has 1 aromatic carbocycles. The minimum Gasteiger partial charge on any atom is -0.324 e. The Morgan fingerprint density at radius 1 is 1.43 bits per heavy atom. The van der Waals surface area contributed by atoms with Crippen LogP contribution in [0.1, 0.15) is 5.01 Å². The molecular formula is C10H10N2OS. The van der Waals surface area contributed by atoms with Crippen LogP contribution < -0.4 is 5.73 Å². The number of carbonyl (C=O) groups excluding carboxylic acids is 1. The Kier molecular flexibility index (Phi) is 2.56. The number of hydrogen-bond acceptors (Lipinski definition) is 4. The number of nitrogens with zero attached hydrogens (tertiary/aromatic N) is 1. The Hall–Kier alpha value is -1.26. The SMILES string of the molecule is NCC(=O)Cc1nc2ccccc2s1. The number of nitrogens with two attached hydrogens (primary N) is 1. The number of hydrogen-bond donors (Lipinski definition) is 1. The number of rotatable bonds is 3. The summed E-state index contributed by atoms with van der Waals surface area (Å²) in [5.41, 5.74) is 6.20. The Morgan fingerprint density at radius 3 is 2.93 bits per heavy atom. The third kappa shape index (κ3) is 1.81. The van der Waals surface area contributed by atoms with Gasteiger partial charge in [-0.3, -0.25) is 4.79 Å². The molecule has 0 bridgehead atoms. The van der Waals surface area contributed by atoms with Crippen molar-refractivity contribution in [2.45, 2.75) is 6.42 Å². The van der Waals surface area contributed by atoms with Crippen LogP contribution in [0.4, 0.5) is 0 Å². The van der Waals surface area contributed by atoms with Crippen molar-refractivity contribution >= 4 is 27.3 Å². The number of fused-ring (bicyclic) bond motifs is 1. The fourth-order valence-corrected chi connectivity index (χ4v) is 2.23. The highest BCUT2D eigenvalue weighted by atomic mass is 32.1. The minimum atomic E-state index is 0.0315. The lowest BCUT2D eigenvalue weighted by Gasteiger charge is -1.90. The largest absolute Gasteiger partial charge is 0.324 e. The van der Waals surface area contributed by atoms with Crippen LogP contribution in [-0.2, 0) is 11.2 Å². The van der Waals surface area contributed by atoms with Crippen molar-refractivity contribution in [2.24, 2.45) is 5.73 Å². The summed E-state index contributed by atoms with van der Waals surface area (Å²) >= 11 is 1.55. The summed E-state index contributed by atoms with van der Waals surface area (Å²) in [5, 5.41) is 0.849. The van der Waals surface area contributed by atoms with Crippen molar-refractivity contribution in [1.29, 1.82) is 0 Å². The minimum absolute atomic E-state index is 0.0315. The lowest BCUT2D eigenvalue weighted by Crippen LogP contribution is -2.15. The smallest absolute Gasteiger partial charge is 0.153 e. The van der Waals surface area contributed by atoms with Gasteiger partial charge in [0.25, 0.3) is 0 Å². The topological polar surface area (TPSA) is 56.0 Å². The van der Waals surface area contributed by atoms with Crippen LogP contribution in [0.25, 0.3) is 10.2 Å². The molecule has 2 aromatic rings. The number of carbonyl (C=O) groups is 1. The van der Waals surface area contributed by atoms with Gasteiger partial charge >= 0.3 is 0 Å². The monoisotopic (exact) mass is 206 g/mol. The predicted octanol–water partition coefficient (Wildman–Crippen LogP) is 1.37. The average Bonchev–Trinajstić information content (AvgIpc) is 2.59. The Bertz CT molecular complexity index is 431. The van der Waals surface area contributed by atoms with Gasteiger partial charge in [-0.1, -0.05) is 12.1 Å². The molecule has 0 atom stereocenters. The highest BCUT2D eigenvalue weighted by molar-refractivity contribution is 7.18. The van der Waals surface area contributed by atoms with Gasteiger partial charge in [-0.15, -0.1) is 11.3 Å². The molecule has 0 aliphatic rings. The first kappa shape index (κ1) is 9.30. The van der Waals surface area contributed by atoms with E-state index in [1.54, 1.807) is 11.3 Å². The number of ketones is 1. The molecule has 72 valence electrons. The summed E-state index contributed by atoms with van der Waals surface area (Å²) in [6.07, 6.45) is 0.357. The fraction of sp³-hybridized carbons (Fsp3) is 0.200. The molecule has 0 saturated heterocycles. The summed E-state index contributed by atoms with van der Waals surface area (Å²) in [6, 6.07) is 7.86. The third-order valence-electron chi connectivity index (χ3n) is 1.91. The van der Waals surface area contributed by atoms with Crippen molar-refractivity contribution in [3.8, 4) is 0 Å². The van der Waals surface area contributed by atoms with E-state index < -0.39 is 0 Å². The molecule has 0 amide bonds. The van der Waals surface area contributed by atoms with Gasteiger partial charge in [0, 0.05) is 0 Å². The average molecular weight is 206 g/mol. The number of thiazole rings is 1. The molecule has 4 heteroatoms. The van der Waals surface area contributed by atoms with Crippen LogP contribution in [0.15, 0.2) is 24.3 Å². The zero-order valence-corrected chi connectivity index (χ0v) is 8.38. The standard InChI is InChI=1S/C10H10N2OS/c11-6-7(13)5-10-12-8-3-1-2-4-9(8)14-10/h1-4H,5-6,11H2. The molecule has 1 heterocycles. The van der Waals surface area contributed by atoms with E-state index in [1.165, 1.54) is 0 Å².